The monoisotopic (exact) mass is 333 g/mol. The van der Waals surface area contributed by atoms with Gasteiger partial charge in [0.1, 0.15) is 17.3 Å². The molecule has 0 saturated carbocycles. The number of carbonyl (C=O) groups is 1. The highest BCUT2D eigenvalue weighted by atomic mass is 35.5. The molecule has 0 bridgehead atoms. The molecule has 0 saturated heterocycles. The van der Waals surface area contributed by atoms with E-state index in [0.29, 0.717) is 11.3 Å². The quantitative estimate of drug-likeness (QED) is 0.752. The van der Waals surface area contributed by atoms with Gasteiger partial charge in [0.15, 0.2) is 0 Å². The highest BCUT2D eigenvalue weighted by molar-refractivity contribution is 6.30. The van der Waals surface area contributed by atoms with Gasteiger partial charge in [0, 0.05) is 10.6 Å². The highest BCUT2D eigenvalue weighted by Crippen LogP contribution is 2.21. The number of H-pyrrole nitrogens is 1. The summed E-state index contributed by atoms with van der Waals surface area (Å²) in [4.78, 5) is 12.1. The van der Waals surface area contributed by atoms with E-state index in [1.165, 1.54) is 30.3 Å². The number of carbonyl (C=O) groups excluding carboxylic acids is 1. The van der Waals surface area contributed by atoms with Gasteiger partial charge in [0.05, 0.1) is 11.4 Å². The van der Waals surface area contributed by atoms with Crippen LogP contribution in [-0.4, -0.2) is 16.1 Å². The first-order valence-corrected chi connectivity index (χ1v) is 6.98. The van der Waals surface area contributed by atoms with Crippen molar-refractivity contribution < 1.29 is 13.6 Å². The molecule has 0 aliphatic heterocycles. The lowest BCUT2D eigenvalue weighted by atomic mass is 10.1. The zero-order valence-corrected chi connectivity index (χ0v) is 12.4. The lowest BCUT2D eigenvalue weighted by molar-refractivity contribution is 0.102. The van der Waals surface area contributed by atoms with Crippen molar-refractivity contribution >= 4 is 23.2 Å². The fourth-order valence-corrected chi connectivity index (χ4v) is 2.15. The summed E-state index contributed by atoms with van der Waals surface area (Å²) in [6, 6.07) is 11.1. The van der Waals surface area contributed by atoms with Gasteiger partial charge >= 0.3 is 0 Å². The second-order valence-corrected chi connectivity index (χ2v) is 5.19. The maximum absolute atomic E-state index is 13.7. The fraction of sp³-hybridized carbons (Fsp3) is 0. The number of benzene rings is 2. The number of hydrogen-bond donors (Lipinski definition) is 2. The Kier molecular flexibility index (Phi) is 4.08. The van der Waals surface area contributed by atoms with Crippen LogP contribution in [0, 0.1) is 11.6 Å². The number of aromatic amines is 1. The van der Waals surface area contributed by atoms with Crippen molar-refractivity contribution in [3.63, 3.8) is 0 Å². The average Bonchev–Trinajstić information content (AvgIpc) is 3.01. The van der Waals surface area contributed by atoms with E-state index in [-0.39, 0.29) is 22.2 Å². The van der Waals surface area contributed by atoms with Crippen molar-refractivity contribution in [2.75, 3.05) is 5.32 Å². The summed E-state index contributed by atoms with van der Waals surface area (Å²) in [7, 11) is 0. The minimum absolute atomic E-state index is 0.0114. The second-order valence-electron chi connectivity index (χ2n) is 4.75. The van der Waals surface area contributed by atoms with Crippen molar-refractivity contribution in [1.29, 1.82) is 0 Å². The Morgan fingerprint density at radius 1 is 1.09 bits per heavy atom. The minimum atomic E-state index is -0.635. The van der Waals surface area contributed by atoms with Crippen LogP contribution in [0.2, 0.25) is 5.02 Å². The summed E-state index contributed by atoms with van der Waals surface area (Å²) in [5.74, 6) is -1.54. The molecule has 0 spiro atoms. The molecule has 0 atom stereocenters. The van der Waals surface area contributed by atoms with E-state index in [1.54, 1.807) is 12.1 Å². The molecule has 3 aromatic rings. The van der Waals surface area contributed by atoms with Crippen LogP contribution in [0.3, 0.4) is 0 Å². The summed E-state index contributed by atoms with van der Waals surface area (Å²) in [5.41, 5.74) is 1.29. The van der Waals surface area contributed by atoms with Gasteiger partial charge in [-0.3, -0.25) is 9.89 Å². The van der Waals surface area contributed by atoms with Crippen molar-refractivity contribution in [3.05, 3.63) is 70.9 Å². The fourth-order valence-electron chi connectivity index (χ4n) is 1.99. The Bertz CT molecular complexity index is 862. The van der Waals surface area contributed by atoms with Gasteiger partial charge in [0.2, 0.25) is 0 Å². The van der Waals surface area contributed by atoms with Crippen LogP contribution >= 0.6 is 11.6 Å². The molecule has 116 valence electrons. The SMILES string of the molecule is O=C(Nc1ccc(Cl)cc1F)c1cc(-c2ccc(F)cc2)n[nH]1. The van der Waals surface area contributed by atoms with Crippen LogP contribution in [0.5, 0.6) is 0 Å². The third kappa shape index (κ3) is 3.37. The van der Waals surface area contributed by atoms with E-state index >= 15 is 0 Å². The van der Waals surface area contributed by atoms with Crippen LogP contribution in [0.4, 0.5) is 14.5 Å². The Labute approximate surface area is 135 Å². The number of hydrogen-bond acceptors (Lipinski definition) is 2. The largest absolute Gasteiger partial charge is 0.318 e. The number of aromatic nitrogens is 2. The van der Waals surface area contributed by atoms with E-state index in [9.17, 15) is 13.6 Å². The summed E-state index contributed by atoms with van der Waals surface area (Å²) >= 11 is 5.66. The molecular weight excluding hydrogens is 324 g/mol. The maximum Gasteiger partial charge on any atom is 0.273 e. The van der Waals surface area contributed by atoms with E-state index in [4.69, 9.17) is 11.6 Å². The standard InChI is InChI=1S/C16H10ClF2N3O/c17-10-3-6-13(12(19)7-10)20-16(23)15-8-14(21-22-15)9-1-4-11(18)5-2-9/h1-8H,(H,20,23)(H,21,22). The first-order chi connectivity index (χ1) is 11.0. The van der Waals surface area contributed by atoms with Gasteiger partial charge in [0.25, 0.3) is 5.91 Å². The van der Waals surface area contributed by atoms with Crippen LogP contribution in [0.25, 0.3) is 11.3 Å². The highest BCUT2D eigenvalue weighted by Gasteiger charge is 2.13. The van der Waals surface area contributed by atoms with Crippen molar-refractivity contribution in [2.24, 2.45) is 0 Å². The minimum Gasteiger partial charge on any atom is -0.318 e. The normalized spacial score (nSPS) is 10.6. The Balaban J connectivity index is 1.79. The zero-order chi connectivity index (χ0) is 16.4. The molecule has 0 radical (unpaired) electrons. The number of nitrogens with zero attached hydrogens (tertiary/aromatic N) is 1. The topological polar surface area (TPSA) is 57.8 Å². The predicted octanol–water partition coefficient (Wildman–Crippen LogP) is 4.26. The number of nitrogens with one attached hydrogen (secondary N) is 2. The first-order valence-electron chi connectivity index (χ1n) is 6.61. The molecule has 0 aliphatic carbocycles. The lowest BCUT2D eigenvalue weighted by Crippen LogP contribution is -2.13. The van der Waals surface area contributed by atoms with E-state index in [0.717, 1.165) is 6.07 Å². The van der Waals surface area contributed by atoms with Crippen molar-refractivity contribution in [2.45, 2.75) is 0 Å². The van der Waals surface area contributed by atoms with Gasteiger partial charge in [-0.15, -0.1) is 0 Å². The summed E-state index contributed by atoms with van der Waals surface area (Å²) in [6.07, 6.45) is 0. The summed E-state index contributed by atoms with van der Waals surface area (Å²) < 4.78 is 26.6. The molecule has 0 aliphatic rings. The van der Waals surface area contributed by atoms with Gasteiger partial charge in [-0.1, -0.05) is 11.6 Å². The number of anilines is 1. The number of halogens is 3. The van der Waals surface area contributed by atoms with Crippen LogP contribution in [0.15, 0.2) is 48.5 Å². The Morgan fingerprint density at radius 3 is 2.52 bits per heavy atom. The molecule has 0 fully saturated rings. The van der Waals surface area contributed by atoms with E-state index in [2.05, 4.69) is 15.5 Å². The Morgan fingerprint density at radius 2 is 1.83 bits per heavy atom. The van der Waals surface area contributed by atoms with Crippen LogP contribution in [0.1, 0.15) is 10.5 Å². The molecule has 2 N–H and O–H groups in total. The molecule has 3 rings (SSSR count). The molecule has 1 amide bonds. The molecule has 7 heteroatoms. The summed E-state index contributed by atoms with van der Waals surface area (Å²) in [6.45, 7) is 0. The molecule has 1 aromatic heterocycles. The summed E-state index contributed by atoms with van der Waals surface area (Å²) in [5, 5.41) is 9.22. The molecular formula is C16H10ClF2N3O. The number of rotatable bonds is 3. The van der Waals surface area contributed by atoms with E-state index < -0.39 is 11.7 Å². The first kappa shape index (κ1) is 15.2. The van der Waals surface area contributed by atoms with Gasteiger partial charge in [-0.2, -0.15) is 5.10 Å². The molecule has 0 unspecified atom stereocenters. The van der Waals surface area contributed by atoms with Crippen molar-refractivity contribution in [3.8, 4) is 11.3 Å². The van der Waals surface area contributed by atoms with Crippen LogP contribution < -0.4 is 5.32 Å². The van der Waals surface area contributed by atoms with Crippen LogP contribution in [-0.2, 0) is 0 Å². The average molecular weight is 334 g/mol. The second kappa shape index (κ2) is 6.18. The third-order valence-electron chi connectivity index (χ3n) is 3.14. The molecule has 2 aromatic carbocycles. The molecule has 4 nitrogen and oxygen atoms in total. The lowest BCUT2D eigenvalue weighted by Gasteiger charge is -2.04. The Hall–Kier alpha value is -2.73. The van der Waals surface area contributed by atoms with E-state index in [1.807, 2.05) is 0 Å². The molecule has 1 heterocycles. The van der Waals surface area contributed by atoms with Gasteiger partial charge < -0.3 is 5.32 Å². The van der Waals surface area contributed by atoms with Gasteiger partial charge in [-0.05, 0) is 48.5 Å². The predicted molar refractivity (Wildman–Crippen MR) is 83.3 cm³/mol. The van der Waals surface area contributed by atoms with Gasteiger partial charge in [-0.25, -0.2) is 8.78 Å². The zero-order valence-electron chi connectivity index (χ0n) is 11.6. The smallest absolute Gasteiger partial charge is 0.273 e. The molecule has 23 heavy (non-hydrogen) atoms. The maximum atomic E-state index is 13.7. The van der Waals surface area contributed by atoms with Crippen molar-refractivity contribution in [1.82, 2.24) is 10.2 Å². The number of amides is 1. The third-order valence-corrected chi connectivity index (χ3v) is 3.38.